The van der Waals surface area contributed by atoms with Gasteiger partial charge >= 0.3 is 0 Å². The molecule has 0 fully saturated rings. The maximum Gasteiger partial charge on any atom is 0.240 e. The number of hydrogen-bond donors (Lipinski definition) is 2. The number of benzene rings is 1. The van der Waals surface area contributed by atoms with Crippen LogP contribution in [0, 0.1) is 5.92 Å². The van der Waals surface area contributed by atoms with Crippen molar-refractivity contribution >= 4 is 26.0 Å². The van der Waals surface area contributed by atoms with Crippen molar-refractivity contribution in [2.24, 2.45) is 5.92 Å². The van der Waals surface area contributed by atoms with Gasteiger partial charge in [0.25, 0.3) is 0 Å². The van der Waals surface area contributed by atoms with Crippen LogP contribution in [-0.2, 0) is 10.0 Å². The number of rotatable bonds is 8. The van der Waals surface area contributed by atoms with Gasteiger partial charge in [0, 0.05) is 4.47 Å². The molecule has 0 radical (unpaired) electrons. The fourth-order valence-electron chi connectivity index (χ4n) is 2.01. The van der Waals surface area contributed by atoms with E-state index in [1.54, 1.807) is 24.3 Å². The molecular formula is C18H28BrNO3S. The minimum Gasteiger partial charge on any atom is -0.391 e. The first-order valence-electron chi connectivity index (χ1n) is 7.87. The fraction of sp³-hybridized carbons (Fsp3) is 0.444. The predicted octanol–water partition coefficient (Wildman–Crippen LogP) is 4.27. The first-order chi connectivity index (χ1) is 11.2. The number of aliphatic hydroxyl groups is 1. The number of aliphatic hydroxyl groups excluding tert-OH is 1. The first kappa shape index (κ1) is 23.1. The molecule has 4 nitrogen and oxygen atoms in total. The third-order valence-corrected chi connectivity index (χ3v) is 5.50. The maximum atomic E-state index is 12.4. The Morgan fingerprint density at radius 3 is 2.21 bits per heavy atom. The molecule has 3 atom stereocenters. The predicted molar refractivity (Wildman–Crippen MR) is 104 cm³/mol. The zero-order valence-electron chi connectivity index (χ0n) is 14.6. The van der Waals surface area contributed by atoms with Crippen molar-refractivity contribution < 1.29 is 13.5 Å². The van der Waals surface area contributed by atoms with Gasteiger partial charge < -0.3 is 5.11 Å². The average Bonchev–Trinajstić information content (AvgIpc) is 2.53. The number of hydrogen-bond acceptors (Lipinski definition) is 3. The van der Waals surface area contributed by atoms with Gasteiger partial charge in [0.1, 0.15) is 0 Å². The van der Waals surface area contributed by atoms with Crippen LogP contribution in [-0.4, -0.2) is 25.7 Å². The molecule has 1 unspecified atom stereocenters. The molecule has 0 heterocycles. The Morgan fingerprint density at radius 2 is 1.79 bits per heavy atom. The van der Waals surface area contributed by atoms with Crippen molar-refractivity contribution in [2.45, 2.75) is 50.7 Å². The van der Waals surface area contributed by atoms with E-state index < -0.39 is 22.2 Å². The van der Waals surface area contributed by atoms with Gasteiger partial charge in [-0.1, -0.05) is 48.4 Å². The molecule has 0 spiro atoms. The van der Waals surface area contributed by atoms with Gasteiger partial charge in [0.05, 0.1) is 17.0 Å². The van der Waals surface area contributed by atoms with Crippen molar-refractivity contribution in [1.82, 2.24) is 4.72 Å². The fourth-order valence-corrected chi connectivity index (χ4v) is 3.65. The lowest BCUT2D eigenvalue weighted by Crippen LogP contribution is -2.47. The Labute approximate surface area is 154 Å². The molecule has 1 aromatic carbocycles. The second-order valence-corrected chi connectivity index (χ2v) is 8.12. The minimum atomic E-state index is -3.66. The molecule has 0 saturated heterocycles. The molecular weight excluding hydrogens is 390 g/mol. The summed E-state index contributed by atoms with van der Waals surface area (Å²) in [5.41, 5.74) is 0. The average molecular weight is 418 g/mol. The summed E-state index contributed by atoms with van der Waals surface area (Å²) in [5, 5.41) is 10.2. The highest BCUT2D eigenvalue weighted by Crippen LogP contribution is 2.19. The second kappa shape index (κ2) is 11.6. The van der Waals surface area contributed by atoms with Gasteiger partial charge in [-0.2, -0.15) is 0 Å². The molecule has 0 amide bonds. The van der Waals surface area contributed by atoms with E-state index in [0.29, 0.717) is 6.42 Å². The summed E-state index contributed by atoms with van der Waals surface area (Å²) in [6.07, 6.45) is 3.66. The molecule has 0 aliphatic rings. The Hall–Kier alpha value is -0.950. The van der Waals surface area contributed by atoms with Crippen LogP contribution in [0.1, 0.15) is 33.6 Å². The van der Waals surface area contributed by atoms with Crippen LogP contribution in [0.15, 0.2) is 58.9 Å². The number of sulfonamides is 1. The molecule has 1 rings (SSSR count). The highest BCUT2D eigenvalue weighted by Gasteiger charge is 2.28. The van der Waals surface area contributed by atoms with Gasteiger partial charge in [0.15, 0.2) is 0 Å². The molecule has 24 heavy (non-hydrogen) atoms. The van der Waals surface area contributed by atoms with E-state index in [0.717, 1.165) is 10.9 Å². The topological polar surface area (TPSA) is 66.4 Å². The van der Waals surface area contributed by atoms with Crippen LogP contribution in [0.25, 0.3) is 0 Å². The highest BCUT2D eigenvalue weighted by atomic mass is 79.9. The van der Waals surface area contributed by atoms with Crippen LogP contribution in [0.4, 0.5) is 0 Å². The Bertz CT molecular complexity index is 599. The molecule has 1 aromatic rings. The van der Waals surface area contributed by atoms with Crippen molar-refractivity contribution in [3.05, 3.63) is 54.0 Å². The largest absolute Gasteiger partial charge is 0.391 e. The lowest BCUT2D eigenvalue weighted by molar-refractivity contribution is 0.114. The summed E-state index contributed by atoms with van der Waals surface area (Å²) in [4.78, 5) is 0.185. The van der Waals surface area contributed by atoms with E-state index >= 15 is 0 Å². The first-order valence-corrected chi connectivity index (χ1v) is 10.1. The summed E-state index contributed by atoms with van der Waals surface area (Å²) in [6, 6.07) is 5.86. The van der Waals surface area contributed by atoms with Crippen molar-refractivity contribution in [2.75, 3.05) is 0 Å². The Balaban J connectivity index is 0.00000163. The Morgan fingerprint density at radius 1 is 1.29 bits per heavy atom. The summed E-state index contributed by atoms with van der Waals surface area (Å²) >= 11 is 3.27. The van der Waals surface area contributed by atoms with Gasteiger partial charge in [-0.3, -0.25) is 0 Å². The molecule has 0 aromatic heterocycles. The van der Waals surface area contributed by atoms with Crippen LogP contribution in [0.5, 0.6) is 0 Å². The van der Waals surface area contributed by atoms with E-state index in [4.69, 9.17) is 0 Å². The van der Waals surface area contributed by atoms with Crippen molar-refractivity contribution in [3.8, 4) is 0 Å². The lowest BCUT2D eigenvalue weighted by Gasteiger charge is -2.28. The molecule has 6 heteroatoms. The zero-order valence-corrected chi connectivity index (χ0v) is 17.0. The van der Waals surface area contributed by atoms with E-state index in [1.807, 2.05) is 20.8 Å². The van der Waals surface area contributed by atoms with Gasteiger partial charge in [-0.25, -0.2) is 13.1 Å². The van der Waals surface area contributed by atoms with E-state index in [2.05, 4.69) is 33.8 Å². The monoisotopic (exact) mass is 417 g/mol. The maximum absolute atomic E-state index is 12.4. The molecule has 0 saturated carbocycles. The van der Waals surface area contributed by atoms with Gasteiger partial charge in [-0.15, -0.1) is 13.2 Å². The van der Waals surface area contributed by atoms with E-state index in [9.17, 15) is 13.5 Å². The Kier molecular flexibility index (Phi) is 11.1. The van der Waals surface area contributed by atoms with E-state index in [1.165, 1.54) is 12.1 Å². The number of halogens is 1. The molecule has 136 valence electrons. The summed E-state index contributed by atoms with van der Waals surface area (Å²) in [6.45, 7) is 12.7. The number of allylic oxidation sites excluding steroid dienone is 1. The van der Waals surface area contributed by atoms with E-state index in [-0.39, 0.29) is 10.8 Å². The third-order valence-electron chi connectivity index (χ3n) is 3.49. The normalized spacial score (nSPS) is 14.7. The minimum absolute atomic E-state index is 0.0187. The van der Waals surface area contributed by atoms with Crippen LogP contribution in [0.3, 0.4) is 0 Å². The summed E-state index contributed by atoms with van der Waals surface area (Å²) < 4.78 is 28.3. The SMILES string of the molecule is C=CC.C=CCC(O)[C@@H](NS(=O)(=O)c1ccc(Br)cc1)[C@@H](C)CC. The zero-order chi connectivity index (χ0) is 18.8. The van der Waals surface area contributed by atoms with Gasteiger partial charge in [-0.05, 0) is 43.5 Å². The number of nitrogens with one attached hydrogen (secondary N) is 1. The molecule has 0 aliphatic heterocycles. The van der Waals surface area contributed by atoms with Crippen LogP contribution < -0.4 is 4.72 Å². The summed E-state index contributed by atoms with van der Waals surface area (Å²) in [7, 11) is -3.66. The van der Waals surface area contributed by atoms with Crippen LogP contribution in [0.2, 0.25) is 0 Å². The quantitative estimate of drug-likeness (QED) is 0.620. The molecule has 0 bridgehead atoms. The highest BCUT2D eigenvalue weighted by molar-refractivity contribution is 9.10. The second-order valence-electron chi connectivity index (χ2n) is 5.49. The molecule has 0 aliphatic carbocycles. The third kappa shape index (κ3) is 7.75. The van der Waals surface area contributed by atoms with Gasteiger partial charge in [0.2, 0.25) is 10.0 Å². The standard InChI is InChI=1S/C15H22BrNO3S.C3H6/c1-4-6-14(18)15(11(3)5-2)17-21(19,20)13-9-7-12(16)8-10-13;1-3-2/h4,7-11,14-15,17-18H,1,5-6H2,2-3H3;3H,1H2,2H3/t11-,14?,15-;/m0./s1. The van der Waals surface area contributed by atoms with Crippen molar-refractivity contribution in [3.63, 3.8) is 0 Å². The van der Waals surface area contributed by atoms with Crippen LogP contribution >= 0.6 is 15.9 Å². The smallest absolute Gasteiger partial charge is 0.240 e. The lowest BCUT2D eigenvalue weighted by atomic mass is 9.94. The molecule has 2 N–H and O–H groups in total. The van der Waals surface area contributed by atoms with Crippen molar-refractivity contribution in [1.29, 1.82) is 0 Å². The summed E-state index contributed by atoms with van der Waals surface area (Å²) in [5.74, 6) is 0.0187.